The molecule has 0 fully saturated rings. The highest BCUT2D eigenvalue weighted by Crippen LogP contribution is 2.34. The molecule has 1 aliphatic heterocycles. The van der Waals surface area contributed by atoms with Crippen LogP contribution in [0.15, 0.2) is 30.7 Å². The Morgan fingerprint density at radius 2 is 2.14 bits per heavy atom. The fraction of sp³-hybridized carbons (Fsp3) is 0.500. The molecule has 3 rings (SSSR count). The van der Waals surface area contributed by atoms with Gasteiger partial charge in [-0.3, -0.25) is 0 Å². The first-order valence-corrected chi connectivity index (χ1v) is 8.19. The van der Waals surface area contributed by atoms with Gasteiger partial charge in [-0.25, -0.2) is 4.98 Å². The van der Waals surface area contributed by atoms with Crippen LogP contribution in [0.4, 0.5) is 5.69 Å². The van der Waals surface area contributed by atoms with E-state index in [4.69, 9.17) is 0 Å². The number of para-hydroxylation sites is 1. The van der Waals surface area contributed by atoms with Crippen molar-refractivity contribution in [3.8, 4) is 11.3 Å². The van der Waals surface area contributed by atoms with Gasteiger partial charge in [0.05, 0.1) is 18.2 Å². The molecule has 0 amide bonds. The number of benzene rings is 1. The number of imidazole rings is 1. The summed E-state index contributed by atoms with van der Waals surface area (Å²) in [4.78, 5) is 4.40. The van der Waals surface area contributed by atoms with E-state index in [2.05, 4.69) is 46.9 Å². The largest absolute Gasteiger partial charge is 0.384 e. The number of aryl methyl sites for hydroxylation is 1. The molecule has 0 saturated heterocycles. The van der Waals surface area contributed by atoms with Gasteiger partial charge in [-0.1, -0.05) is 44.9 Å². The Morgan fingerprint density at radius 1 is 1.29 bits per heavy atom. The van der Waals surface area contributed by atoms with Crippen molar-refractivity contribution in [1.82, 2.24) is 9.55 Å². The summed E-state index contributed by atoms with van der Waals surface area (Å²) in [5.74, 6) is 0.727. The molecule has 0 radical (unpaired) electrons. The van der Waals surface area contributed by atoms with Crippen LogP contribution < -0.4 is 5.32 Å². The second-order valence-corrected chi connectivity index (χ2v) is 5.98. The first-order chi connectivity index (χ1) is 10.3. The zero-order valence-electron chi connectivity index (χ0n) is 13.1. The first-order valence-electron chi connectivity index (χ1n) is 8.19. The van der Waals surface area contributed by atoms with Crippen LogP contribution in [0, 0.1) is 5.92 Å². The lowest BCUT2D eigenvalue weighted by molar-refractivity contribution is 0.420. The van der Waals surface area contributed by atoms with Crippen LogP contribution in [-0.2, 0) is 13.0 Å². The van der Waals surface area contributed by atoms with Crippen LogP contribution in [0.1, 0.15) is 38.7 Å². The SMILES string of the molecule is CCC(CC)Cn1cncc1-c1cccc2c1NCCC2. The van der Waals surface area contributed by atoms with Gasteiger partial charge in [0.25, 0.3) is 0 Å². The predicted molar refractivity (Wildman–Crippen MR) is 88.5 cm³/mol. The molecule has 1 aliphatic rings. The molecule has 3 nitrogen and oxygen atoms in total. The summed E-state index contributed by atoms with van der Waals surface area (Å²) in [6.45, 7) is 6.68. The lowest BCUT2D eigenvalue weighted by atomic mass is 9.97. The fourth-order valence-electron chi connectivity index (χ4n) is 3.24. The van der Waals surface area contributed by atoms with Gasteiger partial charge in [0.1, 0.15) is 0 Å². The van der Waals surface area contributed by atoms with E-state index in [1.807, 2.05) is 12.5 Å². The summed E-state index contributed by atoms with van der Waals surface area (Å²) < 4.78 is 2.32. The summed E-state index contributed by atoms with van der Waals surface area (Å²) in [5.41, 5.74) is 5.30. The van der Waals surface area contributed by atoms with Crippen LogP contribution in [0.3, 0.4) is 0 Å². The molecule has 0 atom stereocenters. The first kappa shape index (κ1) is 14.2. The van der Waals surface area contributed by atoms with Crippen LogP contribution in [0.25, 0.3) is 11.3 Å². The van der Waals surface area contributed by atoms with Crippen molar-refractivity contribution in [2.75, 3.05) is 11.9 Å². The van der Waals surface area contributed by atoms with Crippen LogP contribution in [0.5, 0.6) is 0 Å². The molecule has 2 heterocycles. The minimum absolute atomic E-state index is 0.727. The number of aromatic nitrogens is 2. The lowest BCUT2D eigenvalue weighted by Gasteiger charge is -2.22. The summed E-state index contributed by atoms with van der Waals surface area (Å²) in [5, 5.41) is 3.59. The van der Waals surface area contributed by atoms with E-state index in [1.165, 1.54) is 48.2 Å². The highest BCUT2D eigenvalue weighted by Gasteiger charge is 2.17. The standard InChI is InChI=1S/C18H25N3/c1-3-14(4-2)12-21-13-19-11-17(21)16-9-5-7-15-8-6-10-20-18(15)16/h5,7,9,11,13-14,20H,3-4,6,8,10,12H2,1-2H3. The Labute approximate surface area is 127 Å². The average molecular weight is 283 g/mol. The van der Waals surface area contributed by atoms with Gasteiger partial charge in [0.2, 0.25) is 0 Å². The summed E-state index contributed by atoms with van der Waals surface area (Å²) in [6, 6.07) is 6.64. The van der Waals surface area contributed by atoms with E-state index in [1.54, 1.807) is 0 Å². The maximum atomic E-state index is 4.40. The van der Waals surface area contributed by atoms with Crippen LogP contribution in [-0.4, -0.2) is 16.1 Å². The van der Waals surface area contributed by atoms with E-state index in [0.29, 0.717) is 0 Å². The van der Waals surface area contributed by atoms with Crippen LogP contribution in [0.2, 0.25) is 0 Å². The smallest absolute Gasteiger partial charge is 0.0951 e. The molecule has 2 aromatic rings. The number of rotatable bonds is 5. The van der Waals surface area contributed by atoms with E-state index in [-0.39, 0.29) is 0 Å². The van der Waals surface area contributed by atoms with E-state index in [0.717, 1.165) is 19.0 Å². The van der Waals surface area contributed by atoms with Crippen molar-refractivity contribution in [3.63, 3.8) is 0 Å². The number of nitrogens with one attached hydrogen (secondary N) is 1. The van der Waals surface area contributed by atoms with Crippen LogP contribution >= 0.6 is 0 Å². The molecular formula is C18H25N3. The summed E-state index contributed by atoms with van der Waals surface area (Å²) in [6.07, 6.45) is 8.84. The zero-order valence-corrected chi connectivity index (χ0v) is 13.1. The summed E-state index contributed by atoms with van der Waals surface area (Å²) >= 11 is 0. The third-order valence-corrected chi connectivity index (χ3v) is 4.67. The average Bonchev–Trinajstić information content (AvgIpc) is 3.00. The topological polar surface area (TPSA) is 29.9 Å². The Morgan fingerprint density at radius 3 is 2.95 bits per heavy atom. The summed E-state index contributed by atoms with van der Waals surface area (Å²) in [7, 11) is 0. The van der Waals surface area contributed by atoms with Crippen molar-refractivity contribution in [3.05, 3.63) is 36.3 Å². The zero-order chi connectivity index (χ0) is 14.7. The quantitative estimate of drug-likeness (QED) is 0.884. The minimum atomic E-state index is 0.727. The molecule has 0 spiro atoms. The fourth-order valence-corrected chi connectivity index (χ4v) is 3.24. The van der Waals surface area contributed by atoms with Gasteiger partial charge in [-0.2, -0.15) is 0 Å². The van der Waals surface area contributed by atoms with Gasteiger partial charge in [0, 0.05) is 24.3 Å². The molecule has 1 N–H and O–H groups in total. The Kier molecular flexibility index (Phi) is 4.28. The maximum Gasteiger partial charge on any atom is 0.0951 e. The van der Waals surface area contributed by atoms with Gasteiger partial charge in [0.15, 0.2) is 0 Å². The molecule has 0 saturated carbocycles. The Hall–Kier alpha value is -1.77. The Bertz CT molecular complexity index is 596. The van der Waals surface area contributed by atoms with Gasteiger partial charge in [-0.05, 0) is 24.3 Å². The lowest BCUT2D eigenvalue weighted by Crippen LogP contribution is -2.14. The number of hydrogen-bond acceptors (Lipinski definition) is 2. The van der Waals surface area contributed by atoms with Crippen molar-refractivity contribution < 1.29 is 0 Å². The van der Waals surface area contributed by atoms with Gasteiger partial charge >= 0.3 is 0 Å². The van der Waals surface area contributed by atoms with Gasteiger partial charge < -0.3 is 9.88 Å². The van der Waals surface area contributed by atoms with Crippen molar-refractivity contribution in [2.45, 2.75) is 46.1 Å². The second kappa shape index (κ2) is 6.33. The van der Waals surface area contributed by atoms with Crippen molar-refractivity contribution in [2.24, 2.45) is 5.92 Å². The molecule has 0 bridgehead atoms. The minimum Gasteiger partial charge on any atom is -0.384 e. The number of nitrogens with zero attached hydrogens (tertiary/aromatic N) is 2. The number of hydrogen-bond donors (Lipinski definition) is 1. The second-order valence-electron chi connectivity index (χ2n) is 5.98. The van der Waals surface area contributed by atoms with E-state index >= 15 is 0 Å². The normalized spacial score (nSPS) is 14.0. The van der Waals surface area contributed by atoms with E-state index < -0.39 is 0 Å². The molecule has 1 aromatic heterocycles. The van der Waals surface area contributed by atoms with Crippen molar-refractivity contribution >= 4 is 5.69 Å². The molecule has 3 heteroatoms. The monoisotopic (exact) mass is 283 g/mol. The molecular weight excluding hydrogens is 258 g/mol. The third kappa shape index (κ3) is 2.82. The number of anilines is 1. The molecule has 1 aromatic carbocycles. The molecule has 112 valence electrons. The van der Waals surface area contributed by atoms with E-state index in [9.17, 15) is 0 Å². The molecule has 0 aliphatic carbocycles. The predicted octanol–water partition coefficient (Wildman–Crippen LogP) is 4.34. The molecule has 0 unspecified atom stereocenters. The number of fused-ring (bicyclic) bond motifs is 1. The maximum absolute atomic E-state index is 4.40. The molecule has 21 heavy (non-hydrogen) atoms. The highest BCUT2D eigenvalue weighted by molar-refractivity contribution is 5.78. The Balaban J connectivity index is 1.96. The van der Waals surface area contributed by atoms with Gasteiger partial charge in [-0.15, -0.1) is 0 Å². The third-order valence-electron chi connectivity index (χ3n) is 4.67. The van der Waals surface area contributed by atoms with Crippen molar-refractivity contribution in [1.29, 1.82) is 0 Å². The highest BCUT2D eigenvalue weighted by atomic mass is 15.1.